The van der Waals surface area contributed by atoms with Crippen LogP contribution in [0.15, 0.2) is 59.8 Å². The van der Waals surface area contributed by atoms with Gasteiger partial charge in [-0.1, -0.05) is 0 Å². The van der Waals surface area contributed by atoms with Gasteiger partial charge >= 0.3 is 0 Å². The molecule has 9 nitrogen and oxygen atoms in total. The van der Waals surface area contributed by atoms with Gasteiger partial charge in [-0.25, -0.2) is 15.0 Å². The maximum atomic E-state index is 9.53. The monoisotopic (exact) mass is 424 g/mol. The number of fused-ring (bicyclic) bond motifs is 2. The number of nitriles is 1. The van der Waals surface area contributed by atoms with Crippen molar-refractivity contribution in [3.63, 3.8) is 0 Å². The minimum absolute atomic E-state index is 0.0600. The van der Waals surface area contributed by atoms with Gasteiger partial charge in [0.15, 0.2) is 0 Å². The molecule has 0 saturated carbocycles. The highest BCUT2D eigenvalue weighted by Crippen LogP contribution is 2.35. The average molecular weight is 424 g/mol. The second kappa shape index (κ2) is 7.50. The molecule has 0 aliphatic carbocycles. The molecule has 5 aromatic rings. The third-order valence-corrected chi connectivity index (χ3v) is 6.22. The lowest BCUT2D eigenvalue weighted by molar-refractivity contribution is 0.359. The van der Waals surface area contributed by atoms with Crippen molar-refractivity contribution in [1.82, 2.24) is 29.5 Å². The molecule has 1 fully saturated rings. The van der Waals surface area contributed by atoms with Crippen LogP contribution in [-0.4, -0.2) is 42.6 Å². The minimum Gasteiger partial charge on any atom is -0.404 e. The molecule has 0 spiro atoms. The first-order valence-corrected chi connectivity index (χ1v) is 10.6. The number of hydrogen-bond acceptors (Lipinski definition) is 7. The number of nitrogens with one attached hydrogen (secondary N) is 1. The van der Waals surface area contributed by atoms with Crippen molar-refractivity contribution in [2.24, 2.45) is 5.92 Å². The SMILES string of the molecule is N#CCC(C1CCN(c2nc3cccnc3o2)C1)n1ccc(-c2ncnc3[nH]ccc23)c1. The van der Waals surface area contributed by atoms with Crippen LogP contribution in [0.1, 0.15) is 18.9 Å². The molecule has 0 bridgehead atoms. The number of oxazole rings is 1. The van der Waals surface area contributed by atoms with Crippen LogP contribution in [0, 0.1) is 17.2 Å². The smallest absolute Gasteiger partial charge is 0.299 e. The predicted molar refractivity (Wildman–Crippen MR) is 119 cm³/mol. The van der Waals surface area contributed by atoms with Crippen molar-refractivity contribution >= 4 is 28.3 Å². The van der Waals surface area contributed by atoms with Crippen molar-refractivity contribution in [1.29, 1.82) is 5.26 Å². The first-order chi connectivity index (χ1) is 15.8. The highest BCUT2D eigenvalue weighted by molar-refractivity contribution is 5.90. The zero-order valence-corrected chi connectivity index (χ0v) is 17.2. The maximum Gasteiger partial charge on any atom is 0.299 e. The van der Waals surface area contributed by atoms with Crippen LogP contribution < -0.4 is 4.90 Å². The molecule has 9 heteroatoms. The first-order valence-electron chi connectivity index (χ1n) is 10.6. The van der Waals surface area contributed by atoms with E-state index in [1.807, 2.05) is 30.6 Å². The van der Waals surface area contributed by atoms with Crippen molar-refractivity contribution in [2.45, 2.75) is 18.9 Å². The van der Waals surface area contributed by atoms with E-state index >= 15 is 0 Å². The summed E-state index contributed by atoms with van der Waals surface area (Å²) in [5.41, 5.74) is 4.03. The van der Waals surface area contributed by atoms with E-state index in [0.29, 0.717) is 24.1 Å². The number of nitrogens with zero attached hydrogens (tertiary/aromatic N) is 7. The van der Waals surface area contributed by atoms with Crippen LogP contribution in [0.5, 0.6) is 0 Å². The average Bonchev–Trinajstić information content (AvgIpc) is 3.61. The van der Waals surface area contributed by atoms with E-state index in [9.17, 15) is 5.26 Å². The van der Waals surface area contributed by atoms with Gasteiger partial charge in [-0.05, 0) is 36.6 Å². The summed E-state index contributed by atoms with van der Waals surface area (Å²) in [6.07, 6.45) is 10.7. The molecule has 2 unspecified atom stereocenters. The molecule has 0 aromatic carbocycles. The largest absolute Gasteiger partial charge is 0.404 e. The zero-order valence-electron chi connectivity index (χ0n) is 17.2. The Hall–Kier alpha value is -4.19. The van der Waals surface area contributed by atoms with Gasteiger partial charge in [0.05, 0.1) is 24.2 Å². The molecule has 1 N–H and O–H groups in total. The molecule has 0 radical (unpaired) electrons. The lowest BCUT2D eigenvalue weighted by Gasteiger charge is -2.23. The van der Waals surface area contributed by atoms with Gasteiger partial charge in [0.2, 0.25) is 5.71 Å². The number of anilines is 1. The van der Waals surface area contributed by atoms with E-state index in [0.717, 1.165) is 47.3 Å². The van der Waals surface area contributed by atoms with Crippen LogP contribution in [0.4, 0.5) is 6.01 Å². The fraction of sp³-hybridized carbons (Fsp3) is 0.261. The molecule has 32 heavy (non-hydrogen) atoms. The van der Waals surface area contributed by atoms with Crippen LogP contribution >= 0.6 is 0 Å². The second-order valence-electron chi connectivity index (χ2n) is 8.06. The Bertz CT molecular complexity index is 1410. The summed E-state index contributed by atoms with van der Waals surface area (Å²) >= 11 is 0. The van der Waals surface area contributed by atoms with Gasteiger partial charge in [-0.3, -0.25) is 0 Å². The summed E-state index contributed by atoms with van der Waals surface area (Å²) in [5.74, 6) is 0.301. The number of aromatic nitrogens is 6. The van der Waals surface area contributed by atoms with Gasteiger partial charge in [0.25, 0.3) is 6.01 Å². The Kier molecular flexibility index (Phi) is 4.35. The molecule has 1 aliphatic rings. The van der Waals surface area contributed by atoms with E-state index in [4.69, 9.17) is 4.42 Å². The quantitative estimate of drug-likeness (QED) is 0.455. The summed E-state index contributed by atoms with van der Waals surface area (Å²) in [6.45, 7) is 1.62. The molecule has 6 rings (SSSR count). The van der Waals surface area contributed by atoms with Crippen LogP contribution in [-0.2, 0) is 0 Å². The first kappa shape index (κ1) is 18.6. The van der Waals surface area contributed by atoms with Crippen molar-refractivity contribution in [2.75, 3.05) is 18.0 Å². The molecule has 5 aromatic heterocycles. The third-order valence-electron chi connectivity index (χ3n) is 6.22. The highest BCUT2D eigenvalue weighted by atomic mass is 16.4. The summed E-state index contributed by atoms with van der Waals surface area (Å²) in [6, 6.07) is 10.8. The van der Waals surface area contributed by atoms with Gasteiger partial charge in [0.1, 0.15) is 17.5 Å². The molecule has 0 amide bonds. The normalized spacial score (nSPS) is 17.2. The zero-order chi connectivity index (χ0) is 21.5. The van der Waals surface area contributed by atoms with E-state index in [-0.39, 0.29) is 6.04 Å². The number of pyridine rings is 1. The molecular formula is C23H20N8O. The summed E-state index contributed by atoms with van der Waals surface area (Å²) in [5, 5.41) is 10.5. The summed E-state index contributed by atoms with van der Waals surface area (Å²) in [7, 11) is 0. The second-order valence-corrected chi connectivity index (χ2v) is 8.06. The van der Waals surface area contributed by atoms with Crippen LogP contribution in [0.3, 0.4) is 0 Å². The molecule has 2 atom stereocenters. The predicted octanol–water partition coefficient (Wildman–Crippen LogP) is 3.94. The Morgan fingerprint density at radius 2 is 2.22 bits per heavy atom. The van der Waals surface area contributed by atoms with E-state index in [1.54, 1.807) is 12.5 Å². The molecular weight excluding hydrogens is 404 g/mol. The number of H-pyrrole nitrogens is 1. The Balaban J connectivity index is 1.27. The van der Waals surface area contributed by atoms with Crippen LogP contribution in [0.2, 0.25) is 0 Å². The number of rotatable bonds is 5. The fourth-order valence-electron chi connectivity index (χ4n) is 4.64. The molecule has 1 saturated heterocycles. The Morgan fingerprint density at radius 3 is 3.12 bits per heavy atom. The number of aromatic amines is 1. The van der Waals surface area contributed by atoms with Crippen molar-refractivity contribution in [3.05, 3.63) is 55.4 Å². The molecule has 1 aliphatic heterocycles. The third kappa shape index (κ3) is 3.08. The van der Waals surface area contributed by atoms with E-state index in [1.165, 1.54) is 0 Å². The highest BCUT2D eigenvalue weighted by Gasteiger charge is 2.32. The minimum atomic E-state index is 0.0600. The lowest BCUT2D eigenvalue weighted by atomic mass is 9.96. The number of hydrogen-bond donors (Lipinski definition) is 1. The van der Waals surface area contributed by atoms with Gasteiger partial charge in [-0.2, -0.15) is 10.2 Å². The molecule has 158 valence electrons. The summed E-state index contributed by atoms with van der Waals surface area (Å²) in [4.78, 5) is 22.9. The van der Waals surface area contributed by atoms with E-state index < -0.39 is 0 Å². The van der Waals surface area contributed by atoms with Crippen LogP contribution in [0.25, 0.3) is 33.5 Å². The Labute approximate surface area is 183 Å². The van der Waals surface area contributed by atoms with E-state index in [2.05, 4.69) is 52.7 Å². The maximum absolute atomic E-state index is 9.53. The van der Waals surface area contributed by atoms with Gasteiger partial charge in [0, 0.05) is 48.8 Å². The topological polar surface area (TPSA) is 112 Å². The van der Waals surface area contributed by atoms with Gasteiger partial charge < -0.3 is 18.9 Å². The van der Waals surface area contributed by atoms with Crippen molar-refractivity contribution < 1.29 is 4.42 Å². The summed E-state index contributed by atoms with van der Waals surface area (Å²) < 4.78 is 8.01. The Morgan fingerprint density at radius 1 is 1.25 bits per heavy atom. The fourth-order valence-corrected chi connectivity index (χ4v) is 4.64. The molecule has 6 heterocycles. The standard InChI is InChI=1S/C23H20N8O/c24-7-3-19(15-5-11-31(12-15)23-29-18-2-1-8-26-22(18)32-23)30-10-6-16(13-30)20-17-4-9-25-21(17)28-14-27-20/h1-2,4,6,8-10,13-15,19H,3,5,11-12H2,(H,25,27,28). The lowest BCUT2D eigenvalue weighted by Crippen LogP contribution is -2.24. The van der Waals surface area contributed by atoms with Gasteiger partial charge in [-0.15, -0.1) is 0 Å². The van der Waals surface area contributed by atoms with Crippen molar-refractivity contribution in [3.8, 4) is 17.3 Å².